The number of nitrogens with one attached hydrogen (secondary N) is 1. The first kappa shape index (κ1) is 24.1. The van der Waals surface area contributed by atoms with E-state index < -0.39 is 10.0 Å². The first-order valence-electron chi connectivity index (χ1n) is 11.5. The molecule has 1 aliphatic heterocycles. The summed E-state index contributed by atoms with van der Waals surface area (Å²) in [4.78, 5) is 25.0. The molecule has 0 aliphatic carbocycles. The van der Waals surface area contributed by atoms with E-state index in [1.54, 1.807) is 24.3 Å². The van der Waals surface area contributed by atoms with Crippen LogP contribution in [0.5, 0.6) is 0 Å². The van der Waals surface area contributed by atoms with E-state index in [1.807, 2.05) is 46.9 Å². The Hall–Kier alpha value is -3.63. The van der Waals surface area contributed by atoms with Gasteiger partial charge in [-0.25, -0.2) is 18.4 Å². The number of amides is 1. The molecule has 0 spiro atoms. The van der Waals surface area contributed by atoms with Crippen molar-refractivity contribution in [1.82, 2.24) is 19.4 Å². The second kappa shape index (κ2) is 9.79. The van der Waals surface area contributed by atoms with E-state index in [0.717, 1.165) is 16.6 Å². The molecule has 1 saturated heterocycles. The van der Waals surface area contributed by atoms with E-state index in [0.29, 0.717) is 24.7 Å². The van der Waals surface area contributed by atoms with Gasteiger partial charge in [0.1, 0.15) is 18.7 Å². The first-order chi connectivity index (χ1) is 17.3. The summed E-state index contributed by atoms with van der Waals surface area (Å²) >= 11 is 6.15. The molecule has 1 fully saturated rings. The molecule has 0 radical (unpaired) electrons. The number of hydrogen-bond donors (Lipinski definition) is 1. The van der Waals surface area contributed by atoms with Crippen LogP contribution in [-0.2, 0) is 21.4 Å². The van der Waals surface area contributed by atoms with Crippen molar-refractivity contribution in [3.63, 3.8) is 0 Å². The molecule has 4 aromatic rings. The molecule has 0 unspecified atom stereocenters. The number of aromatic nitrogens is 3. The summed E-state index contributed by atoms with van der Waals surface area (Å²) in [5.74, 6) is 0.261. The van der Waals surface area contributed by atoms with Crippen LogP contribution in [0.3, 0.4) is 0 Å². The van der Waals surface area contributed by atoms with E-state index in [-0.39, 0.29) is 30.6 Å². The lowest BCUT2D eigenvalue weighted by molar-refractivity contribution is -0.134. The molecule has 1 amide bonds. The second-order valence-electron chi connectivity index (χ2n) is 8.72. The zero-order valence-electron chi connectivity index (χ0n) is 19.6. The summed E-state index contributed by atoms with van der Waals surface area (Å²) in [5.41, 5.74) is 1.84. The number of anilines is 2. The highest BCUT2D eigenvalue weighted by Gasteiger charge is 2.28. The zero-order chi connectivity index (χ0) is 25.3. The van der Waals surface area contributed by atoms with Crippen LogP contribution in [0.25, 0.3) is 10.9 Å². The lowest BCUT2D eigenvalue weighted by Gasteiger charge is -2.41. The van der Waals surface area contributed by atoms with Crippen molar-refractivity contribution in [2.45, 2.75) is 24.4 Å². The molecule has 1 atom stereocenters. The minimum Gasteiger partial charge on any atom is -0.368 e. The van der Waals surface area contributed by atoms with Crippen molar-refractivity contribution in [3.05, 3.63) is 78.3 Å². The smallest absolute Gasteiger partial charge is 0.263 e. The van der Waals surface area contributed by atoms with Crippen LogP contribution in [0.1, 0.15) is 8.35 Å². The van der Waals surface area contributed by atoms with E-state index in [2.05, 4.69) is 19.6 Å². The lowest BCUT2D eigenvalue weighted by Crippen LogP contribution is -2.54. The first-order valence-corrected chi connectivity index (χ1v) is 13.3. The van der Waals surface area contributed by atoms with Crippen molar-refractivity contribution in [2.75, 3.05) is 29.3 Å². The number of benzene rings is 2. The lowest BCUT2D eigenvalue weighted by atomic mass is 10.1. The van der Waals surface area contributed by atoms with Crippen LogP contribution < -0.4 is 9.62 Å². The number of piperazine rings is 1. The average molecular weight is 527 g/mol. The molecule has 188 valence electrons. The monoisotopic (exact) mass is 526 g/mol. The number of sulfonamides is 1. The van der Waals surface area contributed by atoms with Gasteiger partial charge in [0.05, 0.1) is 4.90 Å². The summed E-state index contributed by atoms with van der Waals surface area (Å²) in [7, 11) is -3.76. The molecule has 3 heterocycles. The average Bonchev–Trinajstić information content (AvgIpc) is 3.26. The Balaban J connectivity index is 0.00000320. The molecule has 1 N–H and O–H groups in total. The summed E-state index contributed by atoms with van der Waals surface area (Å²) in [5, 5.41) is 1.68. The number of carbonyl (C=O) groups excluding carboxylic acids is 1. The molecule has 11 heteroatoms. The molecule has 36 heavy (non-hydrogen) atoms. The second-order valence-corrected chi connectivity index (χ2v) is 10.8. The van der Waals surface area contributed by atoms with Gasteiger partial charge in [-0.1, -0.05) is 17.7 Å². The highest BCUT2D eigenvalue weighted by atomic mass is 35.5. The molecule has 0 saturated carbocycles. The van der Waals surface area contributed by atoms with Crippen LogP contribution in [0.2, 0.25) is 5.02 Å². The number of nitrogens with zero attached hydrogens (tertiary/aromatic N) is 5. The van der Waals surface area contributed by atoms with Gasteiger partial charge in [-0.3, -0.25) is 9.52 Å². The van der Waals surface area contributed by atoms with Crippen LogP contribution in [-0.4, -0.2) is 59.4 Å². The Morgan fingerprint density at radius 3 is 2.67 bits per heavy atom. The Kier molecular flexibility index (Phi) is 6.55. The van der Waals surface area contributed by atoms with E-state index in [9.17, 15) is 13.2 Å². The van der Waals surface area contributed by atoms with Crippen LogP contribution >= 0.6 is 11.6 Å². The minimum absolute atomic E-state index is 0. The number of carbonyl (C=O) groups is 1. The normalized spacial score (nSPS) is 16.3. The summed E-state index contributed by atoms with van der Waals surface area (Å²) < 4.78 is 29.7. The summed E-state index contributed by atoms with van der Waals surface area (Å²) in [6, 6.07) is 15.8. The molecule has 2 aromatic carbocycles. The van der Waals surface area contributed by atoms with Crippen LogP contribution in [0.4, 0.5) is 11.5 Å². The maximum atomic E-state index is 13.1. The fourth-order valence-corrected chi connectivity index (χ4v) is 5.65. The van der Waals surface area contributed by atoms with Gasteiger partial charge in [0.15, 0.2) is 0 Å². The Morgan fingerprint density at radius 1 is 1.14 bits per heavy atom. The Labute approximate surface area is 215 Å². The van der Waals surface area contributed by atoms with Crippen molar-refractivity contribution in [1.29, 1.82) is 0 Å². The van der Waals surface area contributed by atoms with Crippen molar-refractivity contribution in [3.8, 4) is 0 Å². The standard InChI is InChI=1S/C25H25ClN6O3S.H2/c1-18-15-30(21-4-6-22(7-5-21)36(34,35)29-24-8-10-27-17-28-24)12-13-32(18)25(33)16-31-11-9-19-2-3-20(26)14-23(19)31;/h2-11,14,17-18H,12-13,15-16H2,1H3,(H,27,28,29);1H/t18-;/m1./s1. The predicted octanol–water partition coefficient (Wildman–Crippen LogP) is 3.87. The highest BCUT2D eigenvalue weighted by molar-refractivity contribution is 7.92. The fourth-order valence-electron chi connectivity index (χ4n) is 4.48. The van der Waals surface area contributed by atoms with Gasteiger partial charge in [-0.2, -0.15) is 0 Å². The molecule has 2 aromatic heterocycles. The van der Waals surface area contributed by atoms with Gasteiger partial charge >= 0.3 is 0 Å². The highest BCUT2D eigenvalue weighted by Crippen LogP contribution is 2.24. The fraction of sp³-hybridized carbons (Fsp3) is 0.240. The Bertz CT molecular complexity index is 1500. The van der Waals surface area contributed by atoms with Gasteiger partial charge in [0.25, 0.3) is 10.0 Å². The summed E-state index contributed by atoms with van der Waals surface area (Å²) in [6.45, 7) is 4.16. The summed E-state index contributed by atoms with van der Waals surface area (Å²) in [6.07, 6.45) is 4.66. The largest absolute Gasteiger partial charge is 0.368 e. The van der Waals surface area contributed by atoms with E-state index in [4.69, 9.17) is 11.6 Å². The third-order valence-electron chi connectivity index (χ3n) is 6.32. The van der Waals surface area contributed by atoms with Crippen LogP contribution in [0, 0.1) is 0 Å². The molecular formula is C25H27ClN6O3S. The molecule has 5 rings (SSSR count). The minimum atomic E-state index is -3.76. The quantitative estimate of drug-likeness (QED) is 0.409. The van der Waals surface area contributed by atoms with Gasteiger partial charge in [-0.15, -0.1) is 0 Å². The Morgan fingerprint density at radius 2 is 1.94 bits per heavy atom. The zero-order valence-corrected chi connectivity index (χ0v) is 21.2. The third-order valence-corrected chi connectivity index (χ3v) is 7.93. The topological polar surface area (TPSA) is 100 Å². The van der Waals surface area contributed by atoms with Crippen LogP contribution in [0.15, 0.2) is 78.2 Å². The SMILES string of the molecule is C[C@@H]1CN(c2ccc(S(=O)(=O)Nc3ccncn3)cc2)CCN1C(=O)Cn1ccc2ccc(Cl)cc21.[HH]. The van der Waals surface area contributed by atoms with Gasteiger partial charge in [0.2, 0.25) is 5.91 Å². The third kappa shape index (κ3) is 5.00. The van der Waals surface area contributed by atoms with Crippen molar-refractivity contribution in [2.24, 2.45) is 0 Å². The number of hydrogen-bond acceptors (Lipinski definition) is 6. The van der Waals surface area contributed by atoms with E-state index in [1.165, 1.54) is 18.6 Å². The molecular weight excluding hydrogens is 500 g/mol. The number of halogens is 1. The predicted molar refractivity (Wildman–Crippen MR) is 142 cm³/mol. The number of rotatable bonds is 6. The maximum absolute atomic E-state index is 13.1. The van der Waals surface area contributed by atoms with Gasteiger partial charge in [0, 0.05) is 55.7 Å². The van der Waals surface area contributed by atoms with E-state index >= 15 is 0 Å². The van der Waals surface area contributed by atoms with Crippen molar-refractivity contribution < 1.29 is 14.6 Å². The van der Waals surface area contributed by atoms with Gasteiger partial charge < -0.3 is 14.4 Å². The molecule has 1 aliphatic rings. The molecule has 9 nitrogen and oxygen atoms in total. The maximum Gasteiger partial charge on any atom is 0.263 e. The number of fused-ring (bicyclic) bond motifs is 1. The van der Waals surface area contributed by atoms with Crippen molar-refractivity contribution >= 4 is 49.9 Å². The van der Waals surface area contributed by atoms with Gasteiger partial charge in [-0.05, 0) is 60.8 Å². The molecule has 0 bridgehead atoms.